The van der Waals surface area contributed by atoms with Crippen LogP contribution in [0.4, 0.5) is 16.3 Å². The molecule has 35 heavy (non-hydrogen) atoms. The minimum Gasteiger partial charge on any atom is -0.490 e. The second-order valence-corrected chi connectivity index (χ2v) is 8.53. The first-order valence-electron chi connectivity index (χ1n) is 12.1. The molecular weight excluding hydrogens is 442 g/mol. The maximum absolute atomic E-state index is 12.8. The lowest BCUT2D eigenvalue weighted by molar-refractivity contribution is 0.208. The van der Waals surface area contributed by atoms with Crippen LogP contribution >= 0.6 is 0 Å². The van der Waals surface area contributed by atoms with Crippen molar-refractivity contribution in [1.82, 2.24) is 15.1 Å². The van der Waals surface area contributed by atoms with Gasteiger partial charge in [-0.15, -0.1) is 10.2 Å². The third-order valence-corrected chi connectivity index (χ3v) is 5.99. The van der Waals surface area contributed by atoms with Gasteiger partial charge in [-0.05, 0) is 57.5 Å². The number of benzene rings is 2. The number of hydrogen-bond acceptors (Lipinski definition) is 6. The lowest BCUT2D eigenvalue weighted by Crippen LogP contribution is -2.50. The summed E-state index contributed by atoms with van der Waals surface area (Å²) in [4.78, 5) is 16.8. The summed E-state index contributed by atoms with van der Waals surface area (Å²) >= 11 is 0. The largest absolute Gasteiger partial charge is 0.490 e. The predicted molar refractivity (Wildman–Crippen MR) is 139 cm³/mol. The first kappa shape index (κ1) is 24.3. The molecule has 0 unspecified atom stereocenters. The molecule has 2 heterocycles. The minimum atomic E-state index is -0.132. The Bertz CT molecular complexity index is 1160. The topological polar surface area (TPSA) is 79.8 Å². The summed E-state index contributed by atoms with van der Waals surface area (Å²) in [6, 6.07) is 15.7. The molecule has 2 aromatic carbocycles. The predicted octanol–water partition coefficient (Wildman–Crippen LogP) is 4.91. The first-order chi connectivity index (χ1) is 17.0. The van der Waals surface area contributed by atoms with Crippen LogP contribution in [0.3, 0.4) is 0 Å². The molecular formula is C27H33N5O3. The van der Waals surface area contributed by atoms with E-state index in [2.05, 4.69) is 52.5 Å². The van der Waals surface area contributed by atoms with E-state index >= 15 is 0 Å². The van der Waals surface area contributed by atoms with Crippen LogP contribution in [-0.4, -0.2) is 60.5 Å². The molecule has 1 aliphatic rings. The highest BCUT2D eigenvalue weighted by molar-refractivity contribution is 5.90. The summed E-state index contributed by atoms with van der Waals surface area (Å²) in [5.41, 5.74) is 5.06. The number of carbonyl (C=O) groups excluding carboxylic acids is 1. The second-order valence-electron chi connectivity index (χ2n) is 8.53. The standard InChI is InChI=1S/C27H33N5O3/c1-5-34-24-11-8-21(18-25(24)35-6-2)28-27(33)32-15-13-31(14-16-32)26-12-10-23(29-30-26)22-9-7-19(3)17-20(22)4/h7-12,17-18H,5-6,13-16H2,1-4H3,(H,28,33). The van der Waals surface area contributed by atoms with E-state index in [0.29, 0.717) is 56.6 Å². The zero-order valence-corrected chi connectivity index (χ0v) is 20.9. The monoisotopic (exact) mass is 475 g/mol. The zero-order chi connectivity index (χ0) is 24.8. The fourth-order valence-electron chi connectivity index (χ4n) is 4.21. The molecule has 184 valence electrons. The van der Waals surface area contributed by atoms with Crippen molar-refractivity contribution in [3.8, 4) is 22.8 Å². The van der Waals surface area contributed by atoms with Crippen molar-refractivity contribution in [2.24, 2.45) is 0 Å². The summed E-state index contributed by atoms with van der Waals surface area (Å²) < 4.78 is 11.3. The van der Waals surface area contributed by atoms with Crippen molar-refractivity contribution in [2.45, 2.75) is 27.7 Å². The van der Waals surface area contributed by atoms with Crippen LogP contribution in [0.25, 0.3) is 11.3 Å². The van der Waals surface area contributed by atoms with Gasteiger partial charge in [0.2, 0.25) is 0 Å². The highest BCUT2D eigenvalue weighted by Gasteiger charge is 2.23. The van der Waals surface area contributed by atoms with E-state index < -0.39 is 0 Å². The zero-order valence-electron chi connectivity index (χ0n) is 20.9. The van der Waals surface area contributed by atoms with Crippen molar-refractivity contribution < 1.29 is 14.3 Å². The normalized spacial score (nSPS) is 13.5. The fourth-order valence-corrected chi connectivity index (χ4v) is 4.21. The molecule has 1 aliphatic heterocycles. The Morgan fingerprint density at radius 2 is 1.63 bits per heavy atom. The Morgan fingerprint density at radius 3 is 2.29 bits per heavy atom. The Labute approximate surface area is 206 Å². The number of amides is 2. The Balaban J connectivity index is 1.34. The fraction of sp³-hybridized carbons (Fsp3) is 0.370. The summed E-state index contributed by atoms with van der Waals surface area (Å²) in [5.74, 6) is 2.12. The number of nitrogens with one attached hydrogen (secondary N) is 1. The number of carbonyl (C=O) groups is 1. The molecule has 0 radical (unpaired) electrons. The van der Waals surface area contributed by atoms with Crippen molar-refractivity contribution >= 4 is 17.5 Å². The molecule has 1 N–H and O–H groups in total. The van der Waals surface area contributed by atoms with Crippen LogP contribution in [0.15, 0.2) is 48.5 Å². The van der Waals surface area contributed by atoms with Gasteiger partial charge in [0.25, 0.3) is 0 Å². The van der Waals surface area contributed by atoms with Gasteiger partial charge < -0.3 is 24.6 Å². The number of aryl methyl sites for hydroxylation is 2. The number of ether oxygens (including phenoxy) is 2. The lowest BCUT2D eigenvalue weighted by Gasteiger charge is -2.35. The van der Waals surface area contributed by atoms with Crippen LogP contribution in [-0.2, 0) is 0 Å². The van der Waals surface area contributed by atoms with E-state index in [9.17, 15) is 4.79 Å². The molecule has 0 aliphatic carbocycles. The number of urea groups is 1. The molecule has 0 bridgehead atoms. The van der Waals surface area contributed by atoms with Gasteiger partial charge in [-0.2, -0.15) is 0 Å². The number of piperazine rings is 1. The van der Waals surface area contributed by atoms with Crippen molar-refractivity contribution in [3.63, 3.8) is 0 Å². The molecule has 1 saturated heterocycles. The van der Waals surface area contributed by atoms with Gasteiger partial charge in [0.05, 0.1) is 18.9 Å². The second kappa shape index (κ2) is 11.1. The van der Waals surface area contributed by atoms with Gasteiger partial charge >= 0.3 is 6.03 Å². The molecule has 0 spiro atoms. The minimum absolute atomic E-state index is 0.132. The van der Waals surface area contributed by atoms with Crippen LogP contribution < -0.4 is 19.7 Å². The highest BCUT2D eigenvalue weighted by atomic mass is 16.5. The average Bonchev–Trinajstić information content (AvgIpc) is 2.86. The Morgan fingerprint density at radius 1 is 0.886 bits per heavy atom. The number of hydrogen-bond donors (Lipinski definition) is 1. The quantitative estimate of drug-likeness (QED) is 0.523. The van der Waals surface area contributed by atoms with E-state index in [1.54, 1.807) is 6.07 Å². The van der Waals surface area contributed by atoms with Gasteiger partial charge in [-0.1, -0.05) is 23.8 Å². The number of nitrogens with zero attached hydrogens (tertiary/aromatic N) is 4. The summed E-state index contributed by atoms with van der Waals surface area (Å²) in [7, 11) is 0. The summed E-state index contributed by atoms with van der Waals surface area (Å²) in [6.07, 6.45) is 0. The Hall–Kier alpha value is -3.81. The third-order valence-electron chi connectivity index (χ3n) is 5.99. The van der Waals surface area contributed by atoms with E-state index in [0.717, 1.165) is 17.1 Å². The van der Waals surface area contributed by atoms with Crippen molar-refractivity contribution in [3.05, 3.63) is 59.7 Å². The molecule has 4 rings (SSSR count). The summed E-state index contributed by atoms with van der Waals surface area (Å²) in [6.45, 7) is 11.7. The lowest BCUT2D eigenvalue weighted by atomic mass is 10.0. The van der Waals surface area contributed by atoms with Gasteiger partial charge in [-0.25, -0.2) is 4.79 Å². The van der Waals surface area contributed by atoms with Crippen LogP contribution in [0, 0.1) is 13.8 Å². The number of anilines is 2. The van der Waals surface area contributed by atoms with E-state index in [1.165, 1.54) is 11.1 Å². The van der Waals surface area contributed by atoms with Gasteiger partial charge in [0.15, 0.2) is 17.3 Å². The van der Waals surface area contributed by atoms with E-state index in [4.69, 9.17) is 9.47 Å². The Kier molecular flexibility index (Phi) is 7.70. The molecule has 1 fully saturated rings. The molecule has 2 amide bonds. The SMILES string of the molecule is CCOc1ccc(NC(=O)N2CCN(c3ccc(-c4ccc(C)cc4C)nn3)CC2)cc1OCC. The maximum atomic E-state index is 12.8. The maximum Gasteiger partial charge on any atom is 0.321 e. The first-order valence-corrected chi connectivity index (χ1v) is 12.1. The molecule has 0 atom stereocenters. The molecule has 8 nitrogen and oxygen atoms in total. The molecule has 3 aromatic rings. The van der Waals surface area contributed by atoms with E-state index in [-0.39, 0.29) is 6.03 Å². The van der Waals surface area contributed by atoms with Gasteiger partial charge in [0, 0.05) is 43.5 Å². The van der Waals surface area contributed by atoms with Gasteiger partial charge in [0.1, 0.15) is 0 Å². The third kappa shape index (κ3) is 5.82. The van der Waals surface area contributed by atoms with Crippen molar-refractivity contribution in [1.29, 1.82) is 0 Å². The smallest absolute Gasteiger partial charge is 0.321 e. The van der Waals surface area contributed by atoms with Crippen LogP contribution in [0.5, 0.6) is 11.5 Å². The number of aromatic nitrogens is 2. The van der Waals surface area contributed by atoms with Gasteiger partial charge in [-0.3, -0.25) is 0 Å². The van der Waals surface area contributed by atoms with Crippen LogP contribution in [0.2, 0.25) is 0 Å². The molecule has 8 heteroatoms. The highest BCUT2D eigenvalue weighted by Crippen LogP contribution is 2.31. The molecule has 1 aromatic heterocycles. The number of rotatable bonds is 7. The van der Waals surface area contributed by atoms with Crippen LogP contribution in [0.1, 0.15) is 25.0 Å². The summed E-state index contributed by atoms with van der Waals surface area (Å²) in [5, 5.41) is 11.9. The molecule has 0 saturated carbocycles. The van der Waals surface area contributed by atoms with Crippen molar-refractivity contribution in [2.75, 3.05) is 49.6 Å². The van der Waals surface area contributed by atoms with E-state index in [1.807, 2.05) is 43.0 Å². The average molecular weight is 476 g/mol.